The molecule has 0 saturated heterocycles. The van der Waals surface area contributed by atoms with Crippen molar-refractivity contribution >= 4 is 43.6 Å². The Kier molecular flexibility index (Phi) is 12.1. The van der Waals surface area contributed by atoms with Crippen LogP contribution in [-0.2, 0) is 0 Å². The summed E-state index contributed by atoms with van der Waals surface area (Å²) in [5.41, 5.74) is 13.6. The van der Waals surface area contributed by atoms with Gasteiger partial charge in [0.2, 0.25) is 0 Å². The van der Waals surface area contributed by atoms with Crippen LogP contribution >= 0.6 is 0 Å². The van der Waals surface area contributed by atoms with Crippen LogP contribution in [0.3, 0.4) is 0 Å². The van der Waals surface area contributed by atoms with Crippen molar-refractivity contribution < 1.29 is 0 Å². The van der Waals surface area contributed by atoms with Gasteiger partial charge >= 0.3 is 0 Å². The van der Waals surface area contributed by atoms with Crippen LogP contribution in [0.2, 0.25) is 0 Å². The van der Waals surface area contributed by atoms with Crippen molar-refractivity contribution in [1.29, 1.82) is 47.4 Å². The minimum atomic E-state index is 0.234. The molecule has 0 N–H and O–H groups in total. The van der Waals surface area contributed by atoms with Crippen LogP contribution in [0.15, 0.2) is 164 Å². The van der Waals surface area contributed by atoms with Gasteiger partial charge in [0.25, 0.3) is 0 Å². The largest absolute Gasteiger partial charge is 0.308 e. The second-order valence-corrected chi connectivity index (χ2v) is 19.7. The summed E-state index contributed by atoms with van der Waals surface area (Å²) in [6, 6.07) is 69.1. The first kappa shape index (κ1) is 49.9. The van der Waals surface area contributed by atoms with Crippen molar-refractivity contribution in [3.05, 3.63) is 225 Å². The van der Waals surface area contributed by atoms with E-state index in [1.807, 2.05) is 114 Å². The Morgan fingerprint density at radius 1 is 0.280 bits per heavy atom. The van der Waals surface area contributed by atoms with E-state index in [4.69, 9.17) is 9.97 Å². The SMILES string of the molecule is Cc1cc(C)nc(-c2cc(-n3c4cc(-c5cc(C#N)cc(C#N)c5)ccc4c4ccc(-c5cc(C#N)cc(C#N)c5)cc43)c(C#N)cc2-n2c3cc(-c4cc(C#N)cc(C#N)c4)ccc3c3ccc(-c4cc(C#N)cc(C#N)c4)cc32)n1. The van der Waals surface area contributed by atoms with Gasteiger partial charge in [0.05, 0.1) is 132 Å². The summed E-state index contributed by atoms with van der Waals surface area (Å²) in [7, 11) is 0. The lowest BCUT2D eigenvalue weighted by atomic mass is 9.98. The molecule has 0 amide bonds. The third-order valence-corrected chi connectivity index (χ3v) is 14.6. The van der Waals surface area contributed by atoms with Gasteiger partial charge in [-0.25, -0.2) is 9.97 Å². The van der Waals surface area contributed by atoms with Crippen molar-refractivity contribution in [2.45, 2.75) is 13.8 Å². The summed E-state index contributed by atoms with van der Waals surface area (Å²) in [6.07, 6.45) is 0. The number of hydrogen-bond donors (Lipinski definition) is 0. The number of nitriles is 9. The number of nitrogens with zero attached hydrogens (tertiary/aromatic N) is 13. The molecule has 82 heavy (non-hydrogen) atoms. The van der Waals surface area contributed by atoms with Gasteiger partial charge in [0.1, 0.15) is 6.07 Å². The zero-order valence-electron chi connectivity index (χ0n) is 43.4. The Morgan fingerprint density at radius 2 is 0.561 bits per heavy atom. The first-order valence-electron chi connectivity index (χ1n) is 25.4. The molecule has 0 spiro atoms. The van der Waals surface area contributed by atoms with E-state index in [0.29, 0.717) is 145 Å². The second-order valence-electron chi connectivity index (χ2n) is 19.7. The van der Waals surface area contributed by atoms with E-state index >= 15 is 0 Å². The Morgan fingerprint density at radius 3 is 0.829 bits per heavy atom. The summed E-state index contributed by atoms with van der Waals surface area (Å²) in [5.74, 6) is 0.346. The molecule has 0 unspecified atom stereocenters. The summed E-state index contributed by atoms with van der Waals surface area (Å²) < 4.78 is 4.04. The molecule has 3 heterocycles. The number of rotatable bonds is 7. The van der Waals surface area contributed by atoms with Crippen LogP contribution in [-0.4, -0.2) is 19.1 Å². The molecule has 0 aliphatic heterocycles. The fourth-order valence-electron chi connectivity index (χ4n) is 11.0. The molecule has 0 fully saturated rings. The molecular formula is C69H33N13. The van der Waals surface area contributed by atoms with Crippen LogP contribution in [0, 0.1) is 116 Å². The van der Waals surface area contributed by atoms with E-state index in [1.165, 1.54) is 24.3 Å². The number of hydrogen-bond acceptors (Lipinski definition) is 11. The topological polar surface area (TPSA) is 250 Å². The fourth-order valence-corrected chi connectivity index (χ4v) is 11.0. The summed E-state index contributed by atoms with van der Waals surface area (Å²) >= 11 is 0. The molecule has 0 aliphatic rings. The normalized spacial score (nSPS) is 10.7. The fraction of sp³-hybridized carbons (Fsp3) is 0.0290. The highest BCUT2D eigenvalue weighted by Gasteiger charge is 2.25. The minimum absolute atomic E-state index is 0.234. The molecule has 3 aromatic heterocycles. The lowest BCUT2D eigenvalue weighted by molar-refractivity contribution is 1.05. The lowest BCUT2D eigenvalue weighted by Crippen LogP contribution is -2.06. The second kappa shape index (κ2) is 19.9. The third kappa shape index (κ3) is 8.55. The molecule has 0 aliphatic carbocycles. The average Bonchev–Trinajstić information content (AvgIpc) is 2.88. The molecule has 9 aromatic carbocycles. The zero-order valence-corrected chi connectivity index (χ0v) is 43.4. The number of fused-ring (bicyclic) bond motifs is 6. The maximum Gasteiger partial charge on any atom is 0.161 e. The first-order chi connectivity index (χ1) is 39.9. The summed E-state index contributed by atoms with van der Waals surface area (Å²) in [6.45, 7) is 3.76. The Bertz CT molecular complexity index is 4840. The lowest BCUT2D eigenvalue weighted by Gasteiger charge is -2.19. The van der Waals surface area contributed by atoms with Crippen LogP contribution in [0.1, 0.15) is 61.5 Å². The first-order valence-corrected chi connectivity index (χ1v) is 25.4. The predicted molar refractivity (Wildman–Crippen MR) is 310 cm³/mol. The van der Waals surface area contributed by atoms with Gasteiger partial charge < -0.3 is 9.13 Å². The number of benzene rings is 9. The summed E-state index contributed by atoms with van der Waals surface area (Å²) in [5, 5.41) is 95.2. The van der Waals surface area contributed by atoms with Crippen LogP contribution in [0.25, 0.3) is 111 Å². The van der Waals surface area contributed by atoms with E-state index < -0.39 is 0 Å². The quantitative estimate of drug-likeness (QED) is 0.145. The van der Waals surface area contributed by atoms with Gasteiger partial charge in [-0.3, -0.25) is 0 Å². The third-order valence-electron chi connectivity index (χ3n) is 14.6. The van der Waals surface area contributed by atoms with Crippen molar-refractivity contribution in [2.75, 3.05) is 0 Å². The molecule has 12 aromatic rings. The highest BCUT2D eigenvalue weighted by Crippen LogP contribution is 2.44. The molecule has 0 bridgehead atoms. The molecule has 13 nitrogen and oxygen atoms in total. The highest BCUT2D eigenvalue weighted by atomic mass is 15.0. The molecule has 12 rings (SSSR count). The van der Waals surface area contributed by atoms with Gasteiger partial charge in [0, 0.05) is 38.5 Å². The molecule has 0 saturated carbocycles. The van der Waals surface area contributed by atoms with Crippen molar-refractivity contribution in [3.8, 4) is 122 Å². The van der Waals surface area contributed by atoms with E-state index in [2.05, 4.69) is 54.6 Å². The van der Waals surface area contributed by atoms with Gasteiger partial charge in [-0.2, -0.15) is 47.4 Å². The van der Waals surface area contributed by atoms with E-state index in [9.17, 15) is 47.4 Å². The van der Waals surface area contributed by atoms with Crippen molar-refractivity contribution in [3.63, 3.8) is 0 Å². The Labute approximate surface area is 468 Å². The van der Waals surface area contributed by atoms with E-state index in [1.54, 1.807) is 48.5 Å². The summed E-state index contributed by atoms with van der Waals surface area (Å²) in [4.78, 5) is 10.1. The van der Waals surface area contributed by atoms with Gasteiger partial charge in [0.15, 0.2) is 5.82 Å². The molecule has 0 radical (unpaired) electrons. The predicted octanol–water partition coefficient (Wildman–Crippen LogP) is 14.5. The average molecular weight is 1040 g/mol. The standard InChI is InChI=1S/C69H33N13/c1-39-11-40(2)80-69(79-39)62-29-63(81-64-24-49(53-16-41(30-70)12-42(17-53)31-71)3-7-58(64)59-8-4-50(25-65(59)81)54-18-43(32-72)13-44(19-54)33-73)57(38-78)28-68(62)82-66-26-51(55-20-45(34-74)14-46(21-55)35-75)5-9-60(66)61-10-6-52(27-67(61)82)56-22-47(36-76)15-48(23-56)37-77/h3-29H,1-2H3. The number of aromatic nitrogens is 4. The Hall–Kier alpha value is -12.9. The molecule has 374 valence electrons. The van der Waals surface area contributed by atoms with Gasteiger partial charge in [-0.15, -0.1) is 0 Å². The Balaban J connectivity index is 1.22. The molecule has 0 atom stereocenters. The zero-order chi connectivity index (χ0) is 56.9. The molecular weight excluding hydrogens is 1010 g/mol. The van der Waals surface area contributed by atoms with E-state index in [0.717, 1.165) is 21.5 Å². The highest BCUT2D eigenvalue weighted by molar-refractivity contribution is 6.13. The van der Waals surface area contributed by atoms with Crippen molar-refractivity contribution in [2.24, 2.45) is 0 Å². The molecule has 13 heteroatoms. The van der Waals surface area contributed by atoms with Crippen LogP contribution < -0.4 is 0 Å². The monoisotopic (exact) mass is 1040 g/mol. The van der Waals surface area contributed by atoms with Crippen molar-refractivity contribution in [1.82, 2.24) is 19.1 Å². The smallest absolute Gasteiger partial charge is 0.161 e. The van der Waals surface area contributed by atoms with Crippen LogP contribution in [0.5, 0.6) is 0 Å². The van der Waals surface area contributed by atoms with Crippen LogP contribution in [0.4, 0.5) is 0 Å². The van der Waals surface area contributed by atoms with E-state index in [-0.39, 0.29) is 5.56 Å². The number of aryl methyl sites for hydroxylation is 2. The maximum atomic E-state index is 11.7. The minimum Gasteiger partial charge on any atom is -0.308 e. The van der Waals surface area contributed by atoms with Gasteiger partial charge in [-0.1, -0.05) is 48.5 Å². The maximum absolute atomic E-state index is 11.7. The van der Waals surface area contributed by atoms with Gasteiger partial charge in [-0.05, 0) is 174 Å².